The van der Waals surface area contributed by atoms with E-state index in [4.69, 9.17) is 0 Å². The molecule has 0 bridgehead atoms. The predicted molar refractivity (Wildman–Crippen MR) is 81.6 cm³/mol. The van der Waals surface area contributed by atoms with Crippen molar-refractivity contribution < 1.29 is 14.4 Å². The second kappa shape index (κ2) is 6.23. The van der Waals surface area contributed by atoms with E-state index in [1.54, 1.807) is 0 Å². The SMILES string of the molecule is CC1CCC(NC(=O)CN2C(=O)[C@@H]3CC=CC[C@H]3C2=O)CC1. The Balaban J connectivity index is 1.55. The van der Waals surface area contributed by atoms with Gasteiger partial charge in [0.2, 0.25) is 17.7 Å². The van der Waals surface area contributed by atoms with E-state index in [2.05, 4.69) is 12.2 Å². The van der Waals surface area contributed by atoms with Crippen LogP contribution < -0.4 is 5.32 Å². The zero-order valence-electron chi connectivity index (χ0n) is 13.1. The molecule has 0 spiro atoms. The number of imide groups is 1. The van der Waals surface area contributed by atoms with E-state index in [1.807, 2.05) is 12.2 Å². The second-order valence-corrected chi connectivity index (χ2v) is 6.94. The van der Waals surface area contributed by atoms with Gasteiger partial charge in [-0.3, -0.25) is 19.3 Å². The lowest BCUT2D eigenvalue weighted by Crippen LogP contribution is -2.45. The smallest absolute Gasteiger partial charge is 0.240 e. The molecule has 1 N–H and O–H groups in total. The molecule has 1 aliphatic heterocycles. The van der Waals surface area contributed by atoms with Crippen LogP contribution in [0.5, 0.6) is 0 Å². The fourth-order valence-electron chi connectivity index (χ4n) is 3.85. The Bertz CT molecular complexity index is 480. The van der Waals surface area contributed by atoms with Crippen molar-refractivity contribution in [3.8, 4) is 0 Å². The van der Waals surface area contributed by atoms with Gasteiger partial charge in [0.1, 0.15) is 6.54 Å². The minimum absolute atomic E-state index is 0.114. The Morgan fingerprint density at radius 1 is 1.09 bits per heavy atom. The summed E-state index contributed by atoms with van der Waals surface area (Å²) in [6.45, 7) is 2.12. The number of likely N-dealkylation sites (tertiary alicyclic amines) is 1. The molecule has 22 heavy (non-hydrogen) atoms. The van der Waals surface area contributed by atoms with Gasteiger partial charge in [0, 0.05) is 6.04 Å². The summed E-state index contributed by atoms with van der Waals surface area (Å²) >= 11 is 0. The normalized spacial score (nSPS) is 34.7. The standard InChI is InChI=1S/C17H24N2O3/c1-11-6-8-12(9-7-11)18-15(20)10-19-16(21)13-4-2-3-5-14(13)17(19)22/h2-3,11-14H,4-10H2,1H3,(H,18,20)/t11?,12?,13-,14-/m1/s1. The van der Waals surface area contributed by atoms with Crippen LogP contribution in [0.2, 0.25) is 0 Å². The van der Waals surface area contributed by atoms with Crippen LogP contribution in [0.25, 0.3) is 0 Å². The predicted octanol–water partition coefficient (Wildman–Crippen LogP) is 1.63. The number of amides is 3. The molecular formula is C17H24N2O3. The molecular weight excluding hydrogens is 280 g/mol. The average molecular weight is 304 g/mol. The van der Waals surface area contributed by atoms with Crippen LogP contribution in [0.15, 0.2) is 12.2 Å². The Labute approximate surface area is 131 Å². The number of rotatable bonds is 3. The van der Waals surface area contributed by atoms with Gasteiger partial charge in [0.25, 0.3) is 0 Å². The maximum absolute atomic E-state index is 12.3. The van der Waals surface area contributed by atoms with Crippen molar-refractivity contribution in [2.24, 2.45) is 17.8 Å². The molecule has 0 aromatic carbocycles. The van der Waals surface area contributed by atoms with E-state index in [9.17, 15) is 14.4 Å². The number of hydrogen-bond donors (Lipinski definition) is 1. The van der Waals surface area contributed by atoms with Crippen LogP contribution in [-0.2, 0) is 14.4 Å². The van der Waals surface area contributed by atoms with Gasteiger partial charge < -0.3 is 5.32 Å². The van der Waals surface area contributed by atoms with Crippen molar-refractivity contribution in [1.29, 1.82) is 0 Å². The highest BCUT2D eigenvalue weighted by atomic mass is 16.2. The number of fused-ring (bicyclic) bond motifs is 1. The zero-order valence-corrected chi connectivity index (χ0v) is 13.1. The molecule has 0 radical (unpaired) electrons. The maximum Gasteiger partial charge on any atom is 0.240 e. The van der Waals surface area contributed by atoms with Crippen molar-refractivity contribution in [2.45, 2.75) is 51.5 Å². The van der Waals surface area contributed by atoms with Crippen LogP contribution >= 0.6 is 0 Å². The molecule has 0 aromatic rings. The fraction of sp³-hybridized carbons (Fsp3) is 0.706. The van der Waals surface area contributed by atoms with Crippen molar-refractivity contribution in [1.82, 2.24) is 10.2 Å². The third-order valence-electron chi connectivity index (χ3n) is 5.28. The van der Waals surface area contributed by atoms with Gasteiger partial charge in [0.15, 0.2) is 0 Å². The molecule has 5 heteroatoms. The molecule has 3 aliphatic rings. The molecule has 1 heterocycles. The Morgan fingerprint density at radius 2 is 1.64 bits per heavy atom. The Kier molecular flexibility index (Phi) is 4.32. The van der Waals surface area contributed by atoms with Gasteiger partial charge in [0.05, 0.1) is 11.8 Å². The lowest BCUT2D eigenvalue weighted by atomic mass is 9.85. The quantitative estimate of drug-likeness (QED) is 0.636. The molecule has 0 unspecified atom stereocenters. The van der Waals surface area contributed by atoms with Crippen molar-refractivity contribution in [3.05, 3.63) is 12.2 Å². The second-order valence-electron chi connectivity index (χ2n) is 6.94. The molecule has 5 nitrogen and oxygen atoms in total. The van der Waals surface area contributed by atoms with Crippen LogP contribution in [0.1, 0.15) is 45.4 Å². The number of hydrogen-bond acceptors (Lipinski definition) is 3. The van der Waals surface area contributed by atoms with E-state index < -0.39 is 0 Å². The molecule has 3 amide bonds. The van der Waals surface area contributed by atoms with Gasteiger partial charge in [-0.2, -0.15) is 0 Å². The van der Waals surface area contributed by atoms with E-state index in [0.29, 0.717) is 12.8 Å². The summed E-state index contributed by atoms with van der Waals surface area (Å²) in [6.07, 6.45) is 9.39. The highest BCUT2D eigenvalue weighted by Crippen LogP contribution is 2.34. The zero-order chi connectivity index (χ0) is 15.7. The summed E-state index contributed by atoms with van der Waals surface area (Å²) < 4.78 is 0. The first kappa shape index (κ1) is 15.3. The third kappa shape index (κ3) is 2.94. The van der Waals surface area contributed by atoms with E-state index in [-0.39, 0.29) is 42.1 Å². The number of allylic oxidation sites excluding steroid dienone is 2. The topological polar surface area (TPSA) is 66.5 Å². The van der Waals surface area contributed by atoms with E-state index in [0.717, 1.165) is 31.6 Å². The lowest BCUT2D eigenvalue weighted by Gasteiger charge is -2.27. The summed E-state index contributed by atoms with van der Waals surface area (Å²) in [5, 5.41) is 2.99. The summed E-state index contributed by atoms with van der Waals surface area (Å²) in [5.74, 6) is -0.321. The average Bonchev–Trinajstić information content (AvgIpc) is 2.75. The molecule has 3 rings (SSSR count). The molecule has 2 aliphatic carbocycles. The van der Waals surface area contributed by atoms with Crippen molar-refractivity contribution >= 4 is 17.7 Å². The van der Waals surface area contributed by atoms with Gasteiger partial charge >= 0.3 is 0 Å². The molecule has 120 valence electrons. The first-order valence-electron chi connectivity index (χ1n) is 8.36. The molecule has 1 saturated carbocycles. The summed E-state index contributed by atoms with van der Waals surface area (Å²) in [6, 6.07) is 0.195. The Hall–Kier alpha value is -1.65. The first-order valence-corrected chi connectivity index (χ1v) is 8.36. The first-order chi connectivity index (χ1) is 10.6. The lowest BCUT2D eigenvalue weighted by molar-refractivity contribution is -0.143. The summed E-state index contributed by atoms with van der Waals surface area (Å²) in [7, 11) is 0. The van der Waals surface area contributed by atoms with E-state index >= 15 is 0 Å². The van der Waals surface area contributed by atoms with Crippen LogP contribution in [0.4, 0.5) is 0 Å². The number of carbonyl (C=O) groups is 3. The molecule has 1 saturated heterocycles. The minimum atomic E-state index is -0.249. The van der Waals surface area contributed by atoms with Gasteiger partial charge in [-0.15, -0.1) is 0 Å². The monoisotopic (exact) mass is 304 g/mol. The Morgan fingerprint density at radius 3 is 2.18 bits per heavy atom. The molecule has 2 fully saturated rings. The third-order valence-corrected chi connectivity index (χ3v) is 5.28. The van der Waals surface area contributed by atoms with E-state index in [1.165, 1.54) is 4.90 Å². The summed E-state index contributed by atoms with van der Waals surface area (Å²) in [4.78, 5) is 38.0. The number of carbonyl (C=O) groups excluding carboxylic acids is 3. The van der Waals surface area contributed by atoms with Gasteiger partial charge in [-0.05, 0) is 44.4 Å². The largest absolute Gasteiger partial charge is 0.352 e. The number of nitrogens with one attached hydrogen (secondary N) is 1. The number of nitrogens with zero attached hydrogens (tertiary/aromatic N) is 1. The van der Waals surface area contributed by atoms with Gasteiger partial charge in [-0.1, -0.05) is 19.1 Å². The van der Waals surface area contributed by atoms with Gasteiger partial charge in [-0.25, -0.2) is 0 Å². The highest BCUT2D eigenvalue weighted by Gasteiger charge is 2.47. The summed E-state index contributed by atoms with van der Waals surface area (Å²) in [5.41, 5.74) is 0. The highest BCUT2D eigenvalue weighted by molar-refractivity contribution is 6.07. The van der Waals surface area contributed by atoms with Crippen LogP contribution in [0.3, 0.4) is 0 Å². The molecule has 2 atom stereocenters. The maximum atomic E-state index is 12.3. The van der Waals surface area contributed by atoms with Crippen LogP contribution in [0, 0.1) is 17.8 Å². The van der Waals surface area contributed by atoms with Crippen molar-refractivity contribution in [3.63, 3.8) is 0 Å². The molecule has 0 aromatic heterocycles. The minimum Gasteiger partial charge on any atom is -0.352 e. The fourth-order valence-corrected chi connectivity index (χ4v) is 3.85. The van der Waals surface area contributed by atoms with Crippen molar-refractivity contribution in [2.75, 3.05) is 6.54 Å². The van der Waals surface area contributed by atoms with Crippen LogP contribution in [-0.4, -0.2) is 35.2 Å².